The number of hydrogen-bond donors (Lipinski definition) is 0. The minimum atomic E-state index is -0.760. The van der Waals surface area contributed by atoms with E-state index in [-0.39, 0.29) is 0 Å². The van der Waals surface area contributed by atoms with Crippen LogP contribution in [0.3, 0.4) is 0 Å². The fraction of sp³-hybridized carbons (Fsp3) is 0.333. The average Bonchev–Trinajstić information content (AvgIpc) is 2.53. The second kappa shape index (κ2) is 4.18. The predicted molar refractivity (Wildman–Crippen MR) is 49.9 cm³/mol. The summed E-state index contributed by atoms with van der Waals surface area (Å²) in [7, 11) is 1.28. The van der Waals surface area contributed by atoms with Crippen LogP contribution < -0.4 is 0 Å². The Kier molecular flexibility index (Phi) is 3.19. The quantitative estimate of drug-likeness (QED) is 0.420. The van der Waals surface area contributed by atoms with Crippen molar-refractivity contribution in [2.24, 2.45) is 0 Å². The molecule has 1 aromatic heterocycles. The molecule has 1 unspecified atom stereocenters. The first kappa shape index (κ1) is 9.92. The lowest BCUT2D eigenvalue weighted by atomic mass is 10.1. The Labute approximate surface area is 80.3 Å². The monoisotopic (exact) mass is 198 g/mol. The highest BCUT2D eigenvalue weighted by molar-refractivity contribution is 7.10. The Hall–Kier alpha value is -1.16. The normalized spacial score (nSPS) is 12.2. The molecule has 1 atom stereocenters. The molecule has 1 rings (SSSR count). The van der Waals surface area contributed by atoms with Gasteiger partial charge < -0.3 is 9.53 Å². The van der Waals surface area contributed by atoms with Crippen LogP contribution in [0.2, 0.25) is 0 Å². The van der Waals surface area contributed by atoms with Crippen LogP contribution in [0.5, 0.6) is 0 Å². The van der Waals surface area contributed by atoms with E-state index in [0.29, 0.717) is 6.29 Å². The van der Waals surface area contributed by atoms with Gasteiger partial charge in [0.1, 0.15) is 12.2 Å². The molecule has 13 heavy (non-hydrogen) atoms. The number of aldehydes is 1. The second-order valence-corrected chi connectivity index (χ2v) is 3.61. The fourth-order valence-corrected chi connectivity index (χ4v) is 1.92. The third-order valence-corrected chi connectivity index (χ3v) is 2.78. The summed E-state index contributed by atoms with van der Waals surface area (Å²) in [6.45, 7) is 1.92. The molecule has 1 aromatic rings. The molecular formula is C9H10O3S. The van der Waals surface area contributed by atoms with Crippen molar-refractivity contribution in [3.63, 3.8) is 0 Å². The predicted octanol–water partition coefficient (Wildman–Crippen LogP) is 1.51. The van der Waals surface area contributed by atoms with Gasteiger partial charge in [-0.25, -0.2) is 0 Å². The van der Waals surface area contributed by atoms with Crippen molar-refractivity contribution < 1.29 is 14.3 Å². The Morgan fingerprint density at radius 2 is 2.38 bits per heavy atom. The number of rotatable bonds is 3. The molecule has 0 saturated carbocycles. The summed E-state index contributed by atoms with van der Waals surface area (Å²) in [6, 6.07) is 1.82. The van der Waals surface area contributed by atoms with E-state index in [1.54, 1.807) is 0 Å². The van der Waals surface area contributed by atoms with E-state index in [1.807, 2.05) is 18.4 Å². The number of carbonyl (C=O) groups is 2. The highest BCUT2D eigenvalue weighted by Crippen LogP contribution is 2.23. The smallest absolute Gasteiger partial charge is 0.321 e. The number of esters is 1. The molecule has 0 bridgehead atoms. The molecule has 0 radical (unpaired) electrons. The minimum Gasteiger partial charge on any atom is -0.468 e. The topological polar surface area (TPSA) is 43.4 Å². The van der Waals surface area contributed by atoms with Gasteiger partial charge in [0.2, 0.25) is 0 Å². The van der Waals surface area contributed by atoms with Crippen molar-refractivity contribution in [1.29, 1.82) is 0 Å². The summed E-state index contributed by atoms with van der Waals surface area (Å²) in [5, 5.41) is 1.90. The minimum absolute atomic E-state index is 0.503. The molecule has 0 aliphatic carbocycles. The molecular weight excluding hydrogens is 188 g/mol. The number of methoxy groups -OCH3 is 1. The molecule has 4 heteroatoms. The van der Waals surface area contributed by atoms with Crippen LogP contribution in [-0.4, -0.2) is 19.4 Å². The van der Waals surface area contributed by atoms with Gasteiger partial charge in [-0.1, -0.05) is 0 Å². The van der Waals surface area contributed by atoms with Crippen LogP contribution in [0.1, 0.15) is 16.4 Å². The maximum Gasteiger partial charge on any atom is 0.321 e. The zero-order chi connectivity index (χ0) is 9.84. The zero-order valence-corrected chi connectivity index (χ0v) is 8.26. The fourth-order valence-electron chi connectivity index (χ4n) is 0.982. The van der Waals surface area contributed by atoms with Crippen LogP contribution in [0.4, 0.5) is 0 Å². The summed E-state index contributed by atoms with van der Waals surface area (Å²) in [5.41, 5.74) is 1.05. The van der Waals surface area contributed by atoms with Gasteiger partial charge in [0.05, 0.1) is 7.11 Å². The summed E-state index contributed by atoms with van der Waals surface area (Å²) >= 11 is 1.39. The lowest BCUT2D eigenvalue weighted by Gasteiger charge is -2.03. The molecule has 0 amide bonds. The van der Waals surface area contributed by atoms with Crippen molar-refractivity contribution in [2.75, 3.05) is 7.11 Å². The molecule has 0 N–H and O–H groups in total. The van der Waals surface area contributed by atoms with E-state index in [9.17, 15) is 9.59 Å². The van der Waals surface area contributed by atoms with Gasteiger partial charge in [-0.05, 0) is 23.9 Å². The van der Waals surface area contributed by atoms with E-state index < -0.39 is 11.9 Å². The summed E-state index contributed by atoms with van der Waals surface area (Å²) in [6.07, 6.45) is 0.608. The van der Waals surface area contributed by atoms with Crippen molar-refractivity contribution in [1.82, 2.24) is 0 Å². The lowest BCUT2D eigenvalue weighted by Crippen LogP contribution is -2.14. The summed E-state index contributed by atoms with van der Waals surface area (Å²) in [5.74, 6) is -1.26. The third-order valence-electron chi connectivity index (χ3n) is 1.65. The number of carbonyl (C=O) groups excluding carboxylic acids is 2. The number of thiophene rings is 1. The zero-order valence-electron chi connectivity index (χ0n) is 7.44. The lowest BCUT2D eigenvalue weighted by molar-refractivity contribution is -0.143. The summed E-state index contributed by atoms with van der Waals surface area (Å²) in [4.78, 5) is 22.5. The van der Waals surface area contributed by atoms with E-state index in [0.717, 1.165) is 10.4 Å². The summed E-state index contributed by atoms with van der Waals surface area (Å²) < 4.78 is 4.50. The first-order valence-corrected chi connectivity index (χ1v) is 4.65. The molecule has 3 nitrogen and oxygen atoms in total. The number of aryl methyl sites for hydroxylation is 1. The molecule has 0 aromatic carbocycles. The number of hydrogen-bond acceptors (Lipinski definition) is 4. The van der Waals surface area contributed by atoms with Gasteiger partial charge in [-0.15, -0.1) is 11.3 Å². The molecule has 0 aliphatic heterocycles. The van der Waals surface area contributed by atoms with Crippen molar-refractivity contribution in [2.45, 2.75) is 12.8 Å². The third kappa shape index (κ3) is 2.15. The highest BCUT2D eigenvalue weighted by atomic mass is 32.1. The van der Waals surface area contributed by atoms with Crippen LogP contribution in [-0.2, 0) is 14.3 Å². The number of ether oxygens (including phenoxy) is 1. The Morgan fingerprint density at radius 3 is 2.77 bits per heavy atom. The van der Waals surface area contributed by atoms with Gasteiger partial charge in [-0.3, -0.25) is 4.79 Å². The van der Waals surface area contributed by atoms with Gasteiger partial charge in [0.15, 0.2) is 0 Å². The van der Waals surface area contributed by atoms with Crippen LogP contribution in [0.15, 0.2) is 11.4 Å². The first-order valence-electron chi connectivity index (χ1n) is 3.77. The second-order valence-electron chi connectivity index (χ2n) is 2.66. The van der Waals surface area contributed by atoms with Gasteiger partial charge in [0, 0.05) is 4.88 Å². The SMILES string of the molecule is COC(=O)C(C=O)c1cc(C)cs1. The molecule has 0 fully saturated rings. The van der Waals surface area contributed by atoms with E-state index in [2.05, 4.69) is 4.74 Å². The largest absolute Gasteiger partial charge is 0.468 e. The van der Waals surface area contributed by atoms with Gasteiger partial charge in [-0.2, -0.15) is 0 Å². The van der Waals surface area contributed by atoms with Gasteiger partial charge >= 0.3 is 5.97 Å². The first-order chi connectivity index (χ1) is 6.19. The van der Waals surface area contributed by atoms with Crippen LogP contribution >= 0.6 is 11.3 Å². The van der Waals surface area contributed by atoms with Crippen LogP contribution in [0.25, 0.3) is 0 Å². The maximum atomic E-state index is 11.1. The van der Waals surface area contributed by atoms with Crippen molar-refractivity contribution in [3.8, 4) is 0 Å². The van der Waals surface area contributed by atoms with Gasteiger partial charge in [0.25, 0.3) is 0 Å². The standard InChI is InChI=1S/C9H10O3S/c1-6-3-8(13-5-6)7(4-10)9(11)12-2/h3-5,7H,1-2H3. The average molecular weight is 198 g/mol. The van der Waals surface area contributed by atoms with E-state index in [4.69, 9.17) is 0 Å². The Balaban J connectivity index is 2.90. The molecule has 1 heterocycles. The highest BCUT2D eigenvalue weighted by Gasteiger charge is 2.21. The molecule has 0 spiro atoms. The van der Waals surface area contributed by atoms with Crippen molar-refractivity contribution in [3.05, 3.63) is 21.9 Å². The Morgan fingerprint density at radius 1 is 1.69 bits per heavy atom. The Bertz CT molecular complexity index is 316. The van der Waals surface area contributed by atoms with Crippen molar-refractivity contribution >= 4 is 23.6 Å². The van der Waals surface area contributed by atoms with E-state index in [1.165, 1.54) is 18.4 Å². The molecule has 0 saturated heterocycles. The molecule has 0 aliphatic rings. The maximum absolute atomic E-state index is 11.1. The van der Waals surface area contributed by atoms with Crippen LogP contribution in [0, 0.1) is 6.92 Å². The molecule has 70 valence electrons. The van der Waals surface area contributed by atoms with E-state index >= 15 is 0 Å².